The van der Waals surface area contributed by atoms with Crippen LogP contribution in [0.4, 0.5) is 0 Å². The lowest BCUT2D eigenvalue weighted by Gasteiger charge is -2.38. The first-order chi connectivity index (χ1) is 16.0. The molecule has 4 rings (SSSR count). The summed E-state index contributed by atoms with van der Waals surface area (Å²) in [6.07, 6.45) is 3.06. The fourth-order valence-corrected chi connectivity index (χ4v) is 4.97. The van der Waals surface area contributed by atoms with Crippen LogP contribution < -0.4 is 5.32 Å². The molecule has 2 aliphatic heterocycles. The number of allylic oxidation sites excluding steroid dienone is 1. The third kappa shape index (κ3) is 4.79. The normalized spacial score (nSPS) is 18.8. The lowest BCUT2D eigenvalue weighted by molar-refractivity contribution is -0.136. The molecule has 0 fully saturated rings. The maximum atomic E-state index is 13.6. The van der Waals surface area contributed by atoms with Gasteiger partial charge in [-0.05, 0) is 36.5 Å². The maximum Gasteiger partial charge on any atom is 0.336 e. The molecule has 172 valence electrons. The molecule has 5 nitrogen and oxygen atoms in total. The van der Waals surface area contributed by atoms with Gasteiger partial charge in [-0.15, -0.1) is 0 Å². The molecule has 0 saturated carbocycles. The van der Waals surface area contributed by atoms with Crippen molar-refractivity contribution >= 4 is 11.8 Å². The second-order valence-electron chi connectivity index (χ2n) is 8.84. The fourth-order valence-electron chi connectivity index (χ4n) is 4.97. The van der Waals surface area contributed by atoms with Crippen LogP contribution in [0.25, 0.3) is 0 Å². The van der Waals surface area contributed by atoms with E-state index >= 15 is 0 Å². The summed E-state index contributed by atoms with van der Waals surface area (Å²) in [5.41, 5.74) is 6.28. The Labute approximate surface area is 196 Å². The zero-order chi connectivity index (χ0) is 23.4. The zero-order valence-corrected chi connectivity index (χ0v) is 19.7. The van der Waals surface area contributed by atoms with Crippen LogP contribution in [-0.4, -0.2) is 36.9 Å². The summed E-state index contributed by atoms with van der Waals surface area (Å²) >= 11 is 0. The quantitative estimate of drug-likeness (QED) is 0.637. The maximum absolute atomic E-state index is 13.6. The van der Waals surface area contributed by atoms with Crippen molar-refractivity contribution in [2.24, 2.45) is 0 Å². The number of ether oxygens (including phenoxy) is 1. The molecule has 1 N–H and O–H groups in total. The Hall–Kier alpha value is -3.18. The van der Waals surface area contributed by atoms with E-state index in [0.29, 0.717) is 30.8 Å². The van der Waals surface area contributed by atoms with E-state index in [1.54, 1.807) is 0 Å². The van der Waals surface area contributed by atoms with Gasteiger partial charge < -0.3 is 10.1 Å². The topological polar surface area (TPSA) is 58.6 Å². The molecular formula is C28H32N2O3. The number of carbonyl (C=O) groups excluding carboxylic acids is 2. The molecule has 1 unspecified atom stereocenters. The van der Waals surface area contributed by atoms with Gasteiger partial charge in [0.2, 0.25) is 0 Å². The van der Waals surface area contributed by atoms with Crippen molar-refractivity contribution in [2.45, 2.75) is 45.6 Å². The Morgan fingerprint density at radius 1 is 1.09 bits per heavy atom. The van der Waals surface area contributed by atoms with Gasteiger partial charge in [0, 0.05) is 36.0 Å². The lowest BCUT2D eigenvalue weighted by Crippen LogP contribution is -2.45. The molecule has 0 aliphatic carbocycles. The Balaban J connectivity index is 1.76. The highest BCUT2D eigenvalue weighted by atomic mass is 16.5. The van der Waals surface area contributed by atoms with Gasteiger partial charge in [0.25, 0.3) is 0 Å². The third-order valence-electron chi connectivity index (χ3n) is 6.51. The minimum absolute atomic E-state index is 0.0591. The number of esters is 1. The van der Waals surface area contributed by atoms with Gasteiger partial charge in [-0.25, -0.2) is 4.79 Å². The lowest BCUT2D eigenvalue weighted by atomic mass is 9.75. The van der Waals surface area contributed by atoms with Crippen molar-refractivity contribution in [2.75, 3.05) is 20.2 Å². The first-order valence-corrected chi connectivity index (χ1v) is 11.7. The molecule has 0 saturated heterocycles. The molecule has 33 heavy (non-hydrogen) atoms. The van der Waals surface area contributed by atoms with Crippen molar-refractivity contribution in [1.82, 2.24) is 10.2 Å². The molecule has 0 bridgehead atoms. The molecule has 1 atom stereocenters. The van der Waals surface area contributed by atoms with E-state index in [9.17, 15) is 9.59 Å². The minimum atomic E-state index is -0.409. The SMILES string of the molecule is CCCCc1ccccc1C1C(C(=O)OC)=C(C)NC2=C1C(=O)CN(Cc1ccccc1)C2. The molecule has 2 aliphatic rings. The van der Waals surface area contributed by atoms with Crippen LogP contribution in [0.1, 0.15) is 49.3 Å². The van der Waals surface area contributed by atoms with Gasteiger partial charge in [0.15, 0.2) is 5.78 Å². The van der Waals surface area contributed by atoms with Crippen LogP contribution in [0.2, 0.25) is 0 Å². The van der Waals surface area contributed by atoms with Crippen LogP contribution >= 0.6 is 0 Å². The number of carbonyl (C=O) groups is 2. The van der Waals surface area contributed by atoms with E-state index < -0.39 is 5.92 Å². The van der Waals surface area contributed by atoms with Crippen molar-refractivity contribution in [1.29, 1.82) is 0 Å². The first kappa shape index (κ1) is 23.0. The fraction of sp³-hybridized carbons (Fsp3) is 0.357. The predicted molar refractivity (Wildman–Crippen MR) is 129 cm³/mol. The predicted octanol–water partition coefficient (Wildman–Crippen LogP) is 4.50. The Morgan fingerprint density at radius 2 is 1.82 bits per heavy atom. The summed E-state index contributed by atoms with van der Waals surface area (Å²) in [5, 5.41) is 3.39. The molecule has 2 aromatic carbocycles. The third-order valence-corrected chi connectivity index (χ3v) is 6.51. The molecule has 2 heterocycles. The van der Waals surface area contributed by atoms with Crippen LogP contribution in [0.15, 0.2) is 77.1 Å². The number of hydrogen-bond donors (Lipinski definition) is 1. The van der Waals surface area contributed by atoms with Gasteiger partial charge >= 0.3 is 5.97 Å². The average molecular weight is 445 g/mol. The molecule has 0 radical (unpaired) electrons. The summed E-state index contributed by atoms with van der Waals surface area (Å²) in [6, 6.07) is 18.4. The van der Waals surface area contributed by atoms with Crippen molar-refractivity contribution in [3.8, 4) is 0 Å². The number of dihydropyridines is 1. The number of hydrogen-bond acceptors (Lipinski definition) is 5. The van der Waals surface area contributed by atoms with E-state index in [1.165, 1.54) is 18.2 Å². The Kier molecular flexibility index (Phi) is 7.09. The molecule has 0 aromatic heterocycles. The number of nitrogens with one attached hydrogen (secondary N) is 1. The summed E-state index contributed by atoms with van der Waals surface area (Å²) < 4.78 is 5.17. The summed E-state index contributed by atoms with van der Waals surface area (Å²) in [6.45, 7) is 5.74. The highest BCUT2D eigenvalue weighted by Gasteiger charge is 2.41. The van der Waals surface area contributed by atoms with Crippen LogP contribution in [-0.2, 0) is 27.3 Å². The molecule has 0 spiro atoms. The Morgan fingerprint density at radius 3 is 2.55 bits per heavy atom. The highest BCUT2D eigenvalue weighted by molar-refractivity contribution is 6.04. The van der Waals surface area contributed by atoms with E-state index in [-0.39, 0.29) is 11.8 Å². The summed E-state index contributed by atoms with van der Waals surface area (Å²) in [7, 11) is 1.40. The van der Waals surface area contributed by atoms with E-state index in [2.05, 4.69) is 41.4 Å². The second-order valence-corrected chi connectivity index (χ2v) is 8.84. The highest BCUT2D eigenvalue weighted by Crippen LogP contribution is 2.42. The Bertz CT molecular complexity index is 1100. The summed E-state index contributed by atoms with van der Waals surface area (Å²) in [5.74, 6) is -0.738. The van der Waals surface area contributed by atoms with Gasteiger partial charge in [-0.3, -0.25) is 9.69 Å². The van der Waals surface area contributed by atoms with E-state index in [1.807, 2.05) is 37.3 Å². The van der Waals surface area contributed by atoms with E-state index in [0.717, 1.165) is 36.2 Å². The minimum Gasteiger partial charge on any atom is -0.466 e. The number of unbranched alkanes of at least 4 members (excludes halogenated alkanes) is 1. The monoisotopic (exact) mass is 444 g/mol. The molecular weight excluding hydrogens is 412 g/mol. The number of nitrogens with zero attached hydrogens (tertiary/aromatic N) is 1. The van der Waals surface area contributed by atoms with Crippen LogP contribution in [0, 0.1) is 0 Å². The zero-order valence-electron chi connectivity index (χ0n) is 19.7. The van der Waals surface area contributed by atoms with Crippen LogP contribution in [0.3, 0.4) is 0 Å². The van der Waals surface area contributed by atoms with Crippen molar-refractivity contribution in [3.63, 3.8) is 0 Å². The number of rotatable bonds is 7. The molecule has 0 amide bonds. The average Bonchev–Trinajstić information content (AvgIpc) is 2.82. The van der Waals surface area contributed by atoms with Crippen molar-refractivity contribution < 1.29 is 14.3 Å². The largest absolute Gasteiger partial charge is 0.466 e. The number of ketones is 1. The van der Waals surface area contributed by atoms with Gasteiger partial charge in [-0.1, -0.05) is 67.9 Å². The van der Waals surface area contributed by atoms with Gasteiger partial charge in [0.1, 0.15) is 0 Å². The number of aryl methyl sites for hydroxylation is 1. The van der Waals surface area contributed by atoms with Crippen LogP contribution in [0.5, 0.6) is 0 Å². The van der Waals surface area contributed by atoms with E-state index in [4.69, 9.17) is 4.74 Å². The number of benzene rings is 2. The van der Waals surface area contributed by atoms with Crippen molar-refractivity contribution in [3.05, 3.63) is 93.8 Å². The second kappa shape index (κ2) is 10.2. The smallest absolute Gasteiger partial charge is 0.336 e. The number of methoxy groups -OCH3 is 1. The number of Topliss-reactive ketones (excluding diaryl/α,β-unsaturated/α-hetero) is 1. The van der Waals surface area contributed by atoms with Gasteiger partial charge in [-0.2, -0.15) is 0 Å². The molecule has 2 aromatic rings. The summed E-state index contributed by atoms with van der Waals surface area (Å²) in [4.78, 5) is 28.6. The first-order valence-electron chi connectivity index (χ1n) is 11.7. The van der Waals surface area contributed by atoms with Gasteiger partial charge in [0.05, 0.1) is 19.2 Å². The standard InChI is InChI=1S/C28H32N2O3/c1-4-5-13-21-14-9-10-15-22(21)26-25(28(32)33-3)19(2)29-23-17-30(18-24(31)27(23)26)16-20-11-7-6-8-12-20/h6-12,14-15,26,29H,4-5,13,16-18H2,1-3H3. The molecule has 5 heteroatoms.